The largest absolute Gasteiger partial charge is 0.293 e. The highest BCUT2D eigenvalue weighted by Gasteiger charge is 2.41. The Hall–Kier alpha value is -4.56. The van der Waals surface area contributed by atoms with E-state index in [2.05, 4.69) is 0 Å². The van der Waals surface area contributed by atoms with Crippen LogP contribution in [-0.2, 0) is 0 Å². The lowest BCUT2D eigenvalue weighted by Crippen LogP contribution is -2.30. The molecule has 2 heteroatoms. The Labute approximate surface area is 231 Å². The fraction of sp³-hybridized carbons (Fsp3) is 0.135. The van der Waals surface area contributed by atoms with Gasteiger partial charge >= 0.3 is 0 Å². The lowest BCUT2D eigenvalue weighted by molar-refractivity contribution is 0.0899. The van der Waals surface area contributed by atoms with Crippen molar-refractivity contribution in [3.8, 4) is 0 Å². The van der Waals surface area contributed by atoms with Crippen molar-refractivity contribution in [2.75, 3.05) is 0 Å². The fourth-order valence-electron chi connectivity index (χ4n) is 5.41. The van der Waals surface area contributed by atoms with Crippen LogP contribution in [0.15, 0.2) is 140 Å². The Bertz CT molecular complexity index is 1420. The minimum Gasteiger partial charge on any atom is -0.293 e. The van der Waals surface area contributed by atoms with Gasteiger partial charge in [0.2, 0.25) is 0 Å². The summed E-state index contributed by atoms with van der Waals surface area (Å²) in [4.78, 5) is 29.0. The molecule has 2 unspecified atom stereocenters. The highest BCUT2D eigenvalue weighted by Crippen LogP contribution is 2.46. The molecule has 0 N–H and O–H groups in total. The van der Waals surface area contributed by atoms with Crippen molar-refractivity contribution >= 4 is 11.6 Å². The molecule has 192 valence electrons. The molecule has 5 aromatic carbocycles. The van der Waals surface area contributed by atoms with Gasteiger partial charge in [0.15, 0.2) is 11.6 Å². The predicted molar refractivity (Wildman–Crippen MR) is 159 cm³/mol. The maximum Gasteiger partial charge on any atom is 0.170 e. The molecule has 0 aliphatic carbocycles. The number of aryl methyl sites for hydroxylation is 2. The summed E-state index contributed by atoms with van der Waals surface area (Å²) in [6.07, 6.45) is 0. The van der Waals surface area contributed by atoms with E-state index < -0.39 is 17.8 Å². The topological polar surface area (TPSA) is 34.1 Å². The lowest BCUT2D eigenvalue weighted by atomic mass is 9.67. The summed E-state index contributed by atoms with van der Waals surface area (Å²) < 4.78 is 0. The molecule has 39 heavy (non-hydrogen) atoms. The van der Waals surface area contributed by atoms with Crippen LogP contribution in [0.2, 0.25) is 0 Å². The molecule has 2 atom stereocenters. The molecule has 2 nitrogen and oxygen atoms in total. The number of carbonyl (C=O) groups is 2. The van der Waals surface area contributed by atoms with Crippen LogP contribution in [0, 0.1) is 13.8 Å². The van der Waals surface area contributed by atoms with E-state index in [-0.39, 0.29) is 11.6 Å². The molecule has 0 saturated heterocycles. The first-order chi connectivity index (χ1) is 19.0. The third-order valence-electron chi connectivity index (χ3n) is 7.46. The second-order valence-corrected chi connectivity index (χ2v) is 10.2. The SMILES string of the molecule is Cc1ccc(C(=O)C(c2ccccc2)C(c2ccccc2)C(C(=O)c2ccc(C)cc2)c2ccccc2)cc1. The zero-order valence-corrected chi connectivity index (χ0v) is 22.3. The van der Waals surface area contributed by atoms with Gasteiger partial charge in [-0.1, -0.05) is 151 Å². The van der Waals surface area contributed by atoms with Crippen molar-refractivity contribution in [1.82, 2.24) is 0 Å². The van der Waals surface area contributed by atoms with Crippen molar-refractivity contribution < 1.29 is 9.59 Å². The molecule has 0 aliphatic rings. The van der Waals surface area contributed by atoms with Crippen LogP contribution in [0.1, 0.15) is 66.3 Å². The average Bonchev–Trinajstić information content (AvgIpc) is 2.99. The number of ketones is 2. The van der Waals surface area contributed by atoms with Crippen LogP contribution in [0.25, 0.3) is 0 Å². The standard InChI is InChI=1S/C37H32O2/c1-26-18-22-31(23-19-26)36(38)34(29-14-8-4-9-15-29)33(28-12-6-3-7-13-28)35(30-16-10-5-11-17-30)37(39)32-24-20-27(2)21-25-32/h3-25,33-35H,1-2H3. The Morgan fingerprint density at radius 2 is 0.718 bits per heavy atom. The third-order valence-corrected chi connectivity index (χ3v) is 7.46. The van der Waals surface area contributed by atoms with Crippen molar-refractivity contribution in [3.05, 3.63) is 178 Å². The van der Waals surface area contributed by atoms with Gasteiger partial charge in [-0.25, -0.2) is 0 Å². The Kier molecular flexibility index (Phi) is 7.94. The smallest absolute Gasteiger partial charge is 0.170 e. The van der Waals surface area contributed by atoms with E-state index in [1.807, 2.05) is 153 Å². The van der Waals surface area contributed by atoms with E-state index in [9.17, 15) is 9.59 Å². The van der Waals surface area contributed by atoms with Gasteiger partial charge < -0.3 is 0 Å². The van der Waals surface area contributed by atoms with E-state index in [0.717, 1.165) is 27.8 Å². The highest BCUT2D eigenvalue weighted by atomic mass is 16.1. The zero-order chi connectivity index (χ0) is 27.2. The number of hydrogen-bond acceptors (Lipinski definition) is 2. The summed E-state index contributed by atoms with van der Waals surface area (Å²) in [6, 6.07) is 45.3. The Morgan fingerprint density at radius 3 is 1.05 bits per heavy atom. The normalized spacial score (nSPS) is 13.3. The van der Waals surface area contributed by atoms with Crippen LogP contribution in [-0.4, -0.2) is 11.6 Å². The molecule has 0 amide bonds. The summed E-state index contributed by atoms with van der Waals surface area (Å²) in [6.45, 7) is 4.03. The van der Waals surface area contributed by atoms with Crippen LogP contribution in [0.5, 0.6) is 0 Å². The first kappa shape index (κ1) is 26.1. The highest BCUT2D eigenvalue weighted by molar-refractivity contribution is 6.05. The summed E-state index contributed by atoms with van der Waals surface area (Å²) in [5.74, 6) is -1.56. The monoisotopic (exact) mass is 508 g/mol. The van der Waals surface area contributed by atoms with E-state index in [4.69, 9.17) is 0 Å². The van der Waals surface area contributed by atoms with Gasteiger partial charge in [-0.05, 0) is 30.5 Å². The first-order valence-electron chi connectivity index (χ1n) is 13.4. The number of hydrogen-bond donors (Lipinski definition) is 0. The second-order valence-electron chi connectivity index (χ2n) is 10.2. The maximum atomic E-state index is 14.5. The van der Waals surface area contributed by atoms with Crippen LogP contribution >= 0.6 is 0 Å². The van der Waals surface area contributed by atoms with Crippen molar-refractivity contribution in [2.24, 2.45) is 0 Å². The first-order valence-corrected chi connectivity index (χ1v) is 13.4. The van der Waals surface area contributed by atoms with Gasteiger partial charge in [0, 0.05) is 17.0 Å². The summed E-state index contributed by atoms with van der Waals surface area (Å²) in [5, 5.41) is 0. The zero-order valence-electron chi connectivity index (χ0n) is 22.3. The van der Waals surface area contributed by atoms with Gasteiger partial charge in [0.05, 0.1) is 11.8 Å². The molecule has 0 aromatic heterocycles. The van der Waals surface area contributed by atoms with E-state index in [1.54, 1.807) is 0 Å². The van der Waals surface area contributed by atoms with Crippen molar-refractivity contribution in [3.63, 3.8) is 0 Å². The summed E-state index contributed by atoms with van der Waals surface area (Å²) >= 11 is 0. The van der Waals surface area contributed by atoms with Crippen molar-refractivity contribution in [2.45, 2.75) is 31.6 Å². The van der Waals surface area contributed by atoms with E-state index in [1.165, 1.54) is 0 Å². The Morgan fingerprint density at radius 1 is 0.410 bits per heavy atom. The molecule has 5 aromatic rings. The molecule has 0 spiro atoms. The van der Waals surface area contributed by atoms with Gasteiger partial charge in [0.25, 0.3) is 0 Å². The van der Waals surface area contributed by atoms with Crippen molar-refractivity contribution in [1.29, 1.82) is 0 Å². The molecule has 5 rings (SSSR count). The number of benzene rings is 5. The lowest BCUT2D eigenvalue weighted by Gasteiger charge is -2.34. The quantitative estimate of drug-likeness (QED) is 0.187. The molecule has 0 saturated carbocycles. The minimum atomic E-state index is -0.573. The van der Waals surface area contributed by atoms with Gasteiger partial charge in [0.1, 0.15) is 0 Å². The van der Waals surface area contributed by atoms with Crippen LogP contribution < -0.4 is 0 Å². The molecule has 0 bridgehead atoms. The van der Waals surface area contributed by atoms with E-state index >= 15 is 0 Å². The molecular formula is C37H32O2. The molecular weight excluding hydrogens is 476 g/mol. The van der Waals surface area contributed by atoms with Gasteiger partial charge in [-0.2, -0.15) is 0 Å². The molecule has 0 fully saturated rings. The Balaban J connectivity index is 1.76. The van der Waals surface area contributed by atoms with Crippen LogP contribution in [0.4, 0.5) is 0 Å². The van der Waals surface area contributed by atoms with Gasteiger partial charge in [-0.15, -0.1) is 0 Å². The molecule has 0 heterocycles. The summed E-state index contributed by atoms with van der Waals surface area (Å²) in [5.41, 5.74) is 6.23. The predicted octanol–water partition coefficient (Wildman–Crippen LogP) is 8.72. The number of carbonyl (C=O) groups excluding carboxylic acids is 2. The maximum absolute atomic E-state index is 14.5. The third kappa shape index (κ3) is 5.81. The summed E-state index contributed by atoms with van der Waals surface area (Å²) in [7, 11) is 0. The number of Topliss-reactive ketones (excluding diaryl/α,β-unsaturated/α-hetero) is 2. The minimum absolute atomic E-state index is 0.00712. The van der Waals surface area contributed by atoms with Crippen LogP contribution in [0.3, 0.4) is 0 Å². The van der Waals surface area contributed by atoms with E-state index in [0.29, 0.717) is 11.1 Å². The fourth-order valence-corrected chi connectivity index (χ4v) is 5.41. The average molecular weight is 509 g/mol. The van der Waals surface area contributed by atoms with Gasteiger partial charge in [-0.3, -0.25) is 9.59 Å². The second kappa shape index (κ2) is 11.9. The molecule has 0 aliphatic heterocycles. The molecule has 0 radical (unpaired) electrons. The number of rotatable bonds is 9.